The van der Waals surface area contributed by atoms with Crippen LogP contribution in [0.1, 0.15) is 17.3 Å². The second-order valence-electron chi connectivity index (χ2n) is 4.56. The van der Waals surface area contributed by atoms with Gasteiger partial charge in [0.25, 0.3) is 11.6 Å². The number of carbonyl (C=O) groups excluding carboxylic acids is 2. The lowest BCUT2D eigenvalue weighted by Gasteiger charge is -2.27. The van der Waals surface area contributed by atoms with E-state index in [0.29, 0.717) is 19.6 Å². The highest BCUT2D eigenvalue weighted by atomic mass is 16.6. The molecule has 1 saturated heterocycles. The summed E-state index contributed by atoms with van der Waals surface area (Å²) in [5, 5.41) is 16.6. The third kappa shape index (κ3) is 3.10. The molecule has 1 fully saturated rings. The van der Waals surface area contributed by atoms with Crippen LogP contribution in [-0.4, -0.2) is 47.8 Å². The van der Waals surface area contributed by atoms with Gasteiger partial charge in [-0.2, -0.15) is 0 Å². The molecular formula is C13H16N4O4. The lowest BCUT2D eigenvalue weighted by Crippen LogP contribution is -2.50. The second kappa shape index (κ2) is 6.21. The predicted molar refractivity (Wildman–Crippen MR) is 76.2 cm³/mol. The van der Waals surface area contributed by atoms with Crippen molar-refractivity contribution in [1.29, 1.82) is 0 Å². The summed E-state index contributed by atoms with van der Waals surface area (Å²) in [5.74, 6) is -0.616. The Kier molecular flexibility index (Phi) is 4.36. The lowest BCUT2D eigenvalue weighted by molar-refractivity contribution is -0.384. The normalized spacial score (nSPS) is 14.5. The summed E-state index contributed by atoms with van der Waals surface area (Å²) in [6.45, 7) is 2.98. The van der Waals surface area contributed by atoms with Crippen LogP contribution in [0.2, 0.25) is 0 Å². The minimum absolute atomic E-state index is 0.0346. The molecule has 0 aliphatic carbocycles. The van der Waals surface area contributed by atoms with E-state index in [1.807, 2.05) is 0 Å². The molecule has 2 amide bonds. The number of benzene rings is 1. The Bertz CT molecular complexity index is 588. The topological polar surface area (TPSA) is 105 Å². The maximum atomic E-state index is 12.5. The maximum absolute atomic E-state index is 12.5. The third-order valence-electron chi connectivity index (χ3n) is 3.15. The fourth-order valence-corrected chi connectivity index (χ4v) is 2.22. The number of rotatable bonds is 4. The first-order valence-electron chi connectivity index (χ1n) is 6.61. The summed E-state index contributed by atoms with van der Waals surface area (Å²) in [5.41, 5.74) is 0.255. The largest absolute Gasteiger partial charge is 0.379 e. The van der Waals surface area contributed by atoms with Gasteiger partial charge in [0, 0.05) is 25.7 Å². The molecule has 21 heavy (non-hydrogen) atoms. The summed E-state index contributed by atoms with van der Waals surface area (Å²) in [7, 11) is 0. The van der Waals surface area contributed by atoms with Crippen molar-refractivity contribution in [2.75, 3.05) is 31.5 Å². The zero-order valence-corrected chi connectivity index (χ0v) is 11.6. The van der Waals surface area contributed by atoms with Gasteiger partial charge in [-0.15, -0.1) is 0 Å². The van der Waals surface area contributed by atoms with Gasteiger partial charge in [0.05, 0.1) is 17.0 Å². The van der Waals surface area contributed by atoms with E-state index in [2.05, 4.69) is 10.6 Å². The van der Waals surface area contributed by atoms with Gasteiger partial charge in [-0.05, 0) is 13.0 Å². The van der Waals surface area contributed by atoms with Gasteiger partial charge in [0.1, 0.15) is 5.69 Å². The number of carbonyl (C=O) groups is 2. The Balaban J connectivity index is 2.37. The number of para-hydroxylation sites is 1. The third-order valence-corrected chi connectivity index (χ3v) is 3.15. The first-order valence-corrected chi connectivity index (χ1v) is 6.61. The Morgan fingerprint density at radius 1 is 1.52 bits per heavy atom. The molecule has 0 atom stereocenters. The van der Waals surface area contributed by atoms with E-state index in [1.165, 1.54) is 23.1 Å². The van der Waals surface area contributed by atoms with Crippen LogP contribution >= 0.6 is 0 Å². The molecule has 1 heterocycles. The van der Waals surface area contributed by atoms with Gasteiger partial charge < -0.3 is 15.5 Å². The van der Waals surface area contributed by atoms with Crippen LogP contribution in [0.25, 0.3) is 0 Å². The quantitative estimate of drug-likeness (QED) is 0.624. The van der Waals surface area contributed by atoms with Crippen LogP contribution in [0.15, 0.2) is 18.2 Å². The lowest BCUT2D eigenvalue weighted by atomic mass is 10.1. The molecule has 8 nitrogen and oxygen atoms in total. The first kappa shape index (κ1) is 14.8. The van der Waals surface area contributed by atoms with Crippen molar-refractivity contribution in [3.05, 3.63) is 33.9 Å². The van der Waals surface area contributed by atoms with Crippen molar-refractivity contribution >= 4 is 23.2 Å². The van der Waals surface area contributed by atoms with E-state index < -0.39 is 4.92 Å². The summed E-state index contributed by atoms with van der Waals surface area (Å²) in [6.07, 6.45) is 0. The zero-order valence-electron chi connectivity index (χ0n) is 11.6. The number of hydrogen-bond acceptors (Lipinski definition) is 5. The molecule has 8 heteroatoms. The minimum Gasteiger partial charge on any atom is -0.379 e. The zero-order chi connectivity index (χ0) is 15.4. The Labute approximate surface area is 121 Å². The number of nitrogens with zero attached hydrogens (tertiary/aromatic N) is 2. The average molecular weight is 292 g/mol. The molecule has 0 unspecified atom stereocenters. The van der Waals surface area contributed by atoms with E-state index in [9.17, 15) is 19.7 Å². The van der Waals surface area contributed by atoms with Crippen LogP contribution in [0.4, 0.5) is 11.4 Å². The van der Waals surface area contributed by atoms with Crippen LogP contribution in [0.3, 0.4) is 0 Å². The molecule has 2 N–H and O–H groups in total. The number of nitrogens with one attached hydrogen (secondary N) is 2. The summed E-state index contributed by atoms with van der Waals surface area (Å²) in [6, 6.07) is 4.34. The molecule has 0 saturated carbocycles. The van der Waals surface area contributed by atoms with Gasteiger partial charge >= 0.3 is 0 Å². The molecule has 0 radical (unpaired) electrons. The summed E-state index contributed by atoms with van der Waals surface area (Å²) >= 11 is 0. The van der Waals surface area contributed by atoms with Gasteiger partial charge in [0.2, 0.25) is 5.91 Å². The molecule has 0 aromatic heterocycles. The highest BCUT2D eigenvalue weighted by Gasteiger charge is 2.27. The number of piperazine rings is 1. The monoisotopic (exact) mass is 292 g/mol. The van der Waals surface area contributed by atoms with E-state index in [4.69, 9.17) is 0 Å². The average Bonchev–Trinajstić information content (AvgIpc) is 2.47. The second-order valence-corrected chi connectivity index (χ2v) is 4.56. The van der Waals surface area contributed by atoms with Crippen molar-refractivity contribution in [2.45, 2.75) is 6.92 Å². The number of nitro benzene ring substituents is 1. The molecule has 1 aromatic rings. The van der Waals surface area contributed by atoms with Gasteiger partial charge in [-0.1, -0.05) is 6.07 Å². The van der Waals surface area contributed by atoms with Gasteiger partial charge in [-0.3, -0.25) is 19.7 Å². The fourth-order valence-electron chi connectivity index (χ4n) is 2.22. The smallest absolute Gasteiger partial charge is 0.293 e. The standard InChI is InChI=1S/C13H16N4O4/c1-2-14-12-9(4-3-5-10(12)17(20)21)13(19)16-7-6-15-11(18)8-16/h3-5,14H,2,6-8H2,1H3,(H,15,18). The highest BCUT2D eigenvalue weighted by molar-refractivity contribution is 6.03. The molecule has 112 valence electrons. The van der Waals surface area contributed by atoms with Crippen molar-refractivity contribution in [3.63, 3.8) is 0 Å². The van der Waals surface area contributed by atoms with E-state index >= 15 is 0 Å². The summed E-state index contributed by atoms with van der Waals surface area (Å²) in [4.78, 5) is 35.8. The number of nitro groups is 1. The van der Waals surface area contributed by atoms with Gasteiger partial charge in [0.15, 0.2) is 0 Å². The SMILES string of the molecule is CCNc1c(C(=O)N2CCNC(=O)C2)cccc1[N+](=O)[O-]. The van der Waals surface area contributed by atoms with E-state index in [1.54, 1.807) is 6.92 Å². The Hall–Kier alpha value is -2.64. The molecule has 0 spiro atoms. The highest BCUT2D eigenvalue weighted by Crippen LogP contribution is 2.29. The molecule has 1 aliphatic heterocycles. The Morgan fingerprint density at radius 2 is 2.29 bits per heavy atom. The first-order chi connectivity index (χ1) is 10.0. The number of amides is 2. The van der Waals surface area contributed by atoms with Crippen LogP contribution in [0.5, 0.6) is 0 Å². The van der Waals surface area contributed by atoms with Crippen LogP contribution in [0, 0.1) is 10.1 Å². The maximum Gasteiger partial charge on any atom is 0.293 e. The van der Waals surface area contributed by atoms with Crippen molar-refractivity contribution in [2.24, 2.45) is 0 Å². The molecule has 1 aliphatic rings. The predicted octanol–water partition coefficient (Wildman–Crippen LogP) is 0.599. The number of hydrogen-bond donors (Lipinski definition) is 2. The molecular weight excluding hydrogens is 276 g/mol. The molecule has 1 aromatic carbocycles. The Morgan fingerprint density at radius 3 is 2.90 bits per heavy atom. The summed E-state index contributed by atoms with van der Waals surface area (Å²) < 4.78 is 0. The van der Waals surface area contributed by atoms with E-state index in [0.717, 1.165) is 0 Å². The molecule has 2 rings (SSSR count). The van der Waals surface area contributed by atoms with Crippen molar-refractivity contribution in [3.8, 4) is 0 Å². The fraction of sp³-hybridized carbons (Fsp3) is 0.385. The van der Waals surface area contributed by atoms with Crippen LogP contribution < -0.4 is 10.6 Å². The minimum atomic E-state index is -0.530. The number of anilines is 1. The molecule has 0 bridgehead atoms. The van der Waals surface area contributed by atoms with E-state index in [-0.39, 0.29) is 35.3 Å². The van der Waals surface area contributed by atoms with Crippen molar-refractivity contribution in [1.82, 2.24) is 10.2 Å². The van der Waals surface area contributed by atoms with Gasteiger partial charge in [-0.25, -0.2) is 0 Å². The van der Waals surface area contributed by atoms with Crippen molar-refractivity contribution < 1.29 is 14.5 Å². The van der Waals surface area contributed by atoms with Crippen LogP contribution in [-0.2, 0) is 4.79 Å².